The molecule has 0 nitrogen and oxygen atoms in total. The van der Waals surface area contributed by atoms with Gasteiger partial charge in [0.1, 0.15) is 0 Å². The summed E-state index contributed by atoms with van der Waals surface area (Å²) in [4.78, 5) is 0. The minimum absolute atomic E-state index is 0.735. The Balaban J connectivity index is 1.96. The van der Waals surface area contributed by atoms with Crippen LogP contribution >= 0.6 is 0 Å². The Morgan fingerprint density at radius 3 is 2.54 bits per heavy atom. The summed E-state index contributed by atoms with van der Waals surface area (Å²) in [7, 11) is 0. The molecule has 0 aromatic rings. The van der Waals surface area contributed by atoms with Gasteiger partial charge in [-0.05, 0) is 37.0 Å². The van der Waals surface area contributed by atoms with Crippen molar-refractivity contribution < 1.29 is 0 Å². The van der Waals surface area contributed by atoms with E-state index in [0.29, 0.717) is 0 Å². The molecular weight excluding hydrogens is 156 g/mol. The lowest BCUT2D eigenvalue weighted by molar-refractivity contribution is 0.330. The average Bonchev–Trinajstić information content (AvgIpc) is 2.84. The fourth-order valence-electron chi connectivity index (χ4n) is 1.95. The maximum atomic E-state index is 3.74. The number of rotatable bonds is 7. The van der Waals surface area contributed by atoms with E-state index in [1.807, 2.05) is 6.08 Å². The molecule has 0 aromatic heterocycles. The van der Waals surface area contributed by atoms with E-state index in [-0.39, 0.29) is 0 Å². The second kappa shape index (κ2) is 4.83. The van der Waals surface area contributed by atoms with Crippen molar-refractivity contribution in [2.24, 2.45) is 11.3 Å². The molecular formula is C13H24. The third kappa shape index (κ3) is 3.54. The summed E-state index contributed by atoms with van der Waals surface area (Å²) >= 11 is 0. The molecule has 1 fully saturated rings. The molecule has 1 unspecified atom stereocenters. The maximum absolute atomic E-state index is 3.74. The van der Waals surface area contributed by atoms with E-state index in [4.69, 9.17) is 0 Å². The second-order valence-corrected chi connectivity index (χ2v) is 4.98. The van der Waals surface area contributed by atoms with Gasteiger partial charge in [0.15, 0.2) is 0 Å². The molecule has 0 amide bonds. The Hall–Kier alpha value is -0.260. The molecule has 0 saturated heterocycles. The summed E-state index contributed by atoms with van der Waals surface area (Å²) in [5.41, 5.74) is 0.735. The van der Waals surface area contributed by atoms with Crippen molar-refractivity contribution in [3.63, 3.8) is 0 Å². The van der Waals surface area contributed by atoms with Gasteiger partial charge in [0.05, 0.1) is 0 Å². The lowest BCUT2D eigenvalue weighted by Crippen LogP contribution is -2.07. The van der Waals surface area contributed by atoms with Gasteiger partial charge in [0.25, 0.3) is 0 Å². The molecule has 76 valence electrons. The lowest BCUT2D eigenvalue weighted by atomic mass is 9.88. The normalized spacial score (nSPS) is 21.1. The summed E-state index contributed by atoms with van der Waals surface area (Å²) in [6, 6.07) is 0. The Morgan fingerprint density at radius 1 is 1.31 bits per heavy atom. The zero-order valence-electron chi connectivity index (χ0n) is 9.31. The van der Waals surface area contributed by atoms with Crippen molar-refractivity contribution in [3.05, 3.63) is 12.7 Å². The highest BCUT2D eigenvalue weighted by molar-refractivity contribution is 4.92. The van der Waals surface area contributed by atoms with Crippen LogP contribution in [-0.4, -0.2) is 0 Å². The molecule has 1 saturated carbocycles. The van der Waals surface area contributed by atoms with Crippen LogP contribution in [-0.2, 0) is 0 Å². The van der Waals surface area contributed by atoms with Crippen molar-refractivity contribution in [2.75, 3.05) is 0 Å². The van der Waals surface area contributed by atoms with Gasteiger partial charge in [-0.15, -0.1) is 6.58 Å². The number of unbranched alkanes of at least 4 members (excludes halogenated alkanes) is 3. The number of hydrogen-bond acceptors (Lipinski definition) is 0. The first-order chi connectivity index (χ1) is 6.19. The molecule has 13 heavy (non-hydrogen) atoms. The van der Waals surface area contributed by atoms with Gasteiger partial charge in [0.2, 0.25) is 0 Å². The molecule has 0 heteroatoms. The molecule has 0 bridgehead atoms. The van der Waals surface area contributed by atoms with Crippen LogP contribution in [0, 0.1) is 11.3 Å². The van der Waals surface area contributed by atoms with Crippen LogP contribution in [0.25, 0.3) is 0 Å². The maximum Gasteiger partial charge on any atom is -0.0300 e. The third-order valence-corrected chi connectivity index (χ3v) is 3.77. The average molecular weight is 180 g/mol. The molecule has 0 aromatic carbocycles. The van der Waals surface area contributed by atoms with E-state index in [1.54, 1.807) is 0 Å². The van der Waals surface area contributed by atoms with Gasteiger partial charge < -0.3 is 0 Å². The molecule has 1 atom stereocenters. The monoisotopic (exact) mass is 180 g/mol. The highest BCUT2D eigenvalue weighted by Gasteiger charge is 2.41. The van der Waals surface area contributed by atoms with E-state index < -0.39 is 0 Å². The quantitative estimate of drug-likeness (QED) is 0.398. The predicted molar refractivity (Wildman–Crippen MR) is 59.8 cm³/mol. The van der Waals surface area contributed by atoms with Crippen LogP contribution < -0.4 is 0 Å². The van der Waals surface area contributed by atoms with Crippen LogP contribution in [0.1, 0.15) is 58.8 Å². The largest absolute Gasteiger partial charge is 0.103 e. The molecule has 0 aliphatic heterocycles. The van der Waals surface area contributed by atoms with Crippen LogP contribution in [0.3, 0.4) is 0 Å². The van der Waals surface area contributed by atoms with Gasteiger partial charge >= 0.3 is 0 Å². The summed E-state index contributed by atoms with van der Waals surface area (Å²) in [6.07, 6.45) is 11.8. The standard InChI is InChI=1S/C13H24/c1-4-5-6-7-8-9-12(2)13(3)10-11-13/h4,12H,1,5-11H2,2-3H3. The van der Waals surface area contributed by atoms with Gasteiger partial charge in [-0.1, -0.05) is 39.2 Å². The van der Waals surface area contributed by atoms with E-state index in [1.165, 1.54) is 44.9 Å². The number of allylic oxidation sites excluding steroid dienone is 1. The highest BCUT2D eigenvalue weighted by Crippen LogP contribution is 2.52. The van der Waals surface area contributed by atoms with E-state index in [2.05, 4.69) is 20.4 Å². The van der Waals surface area contributed by atoms with Crippen LogP contribution in [0.5, 0.6) is 0 Å². The SMILES string of the molecule is C=CCCCCCC(C)C1(C)CC1. The minimum atomic E-state index is 0.735. The van der Waals surface area contributed by atoms with Gasteiger partial charge in [-0.2, -0.15) is 0 Å². The van der Waals surface area contributed by atoms with Crippen LogP contribution in [0.4, 0.5) is 0 Å². The van der Waals surface area contributed by atoms with Crippen molar-refractivity contribution in [2.45, 2.75) is 58.8 Å². The lowest BCUT2D eigenvalue weighted by Gasteiger charge is -2.18. The van der Waals surface area contributed by atoms with Crippen molar-refractivity contribution in [3.8, 4) is 0 Å². The van der Waals surface area contributed by atoms with Gasteiger partial charge in [0, 0.05) is 0 Å². The summed E-state index contributed by atoms with van der Waals surface area (Å²) in [5, 5.41) is 0. The van der Waals surface area contributed by atoms with Crippen LogP contribution in [0.2, 0.25) is 0 Å². The molecule has 0 N–H and O–H groups in total. The van der Waals surface area contributed by atoms with Crippen molar-refractivity contribution in [1.29, 1.82) is 0 Å². The Bertz CT molecular complexity index is 153. The Morgan fingerprint density at radius 2 is 2.00 bits per heavy atom. The predicted octanol–water partition coefficient (Wildman–Crippen LogP) is 4.56. The molecule has 1 aliphatic rings. The first-order valence-electron chi connectivity index (χ1n) is 5.80. The van der Waals surface area contributed by atoms with E-state index in [0.717, 1.165) is 11.3 Å². The molecule has 1 aliphatic carbocycles. The molecule has 0 radical (unpaired) electrons. The van der Waals surface area contributed by atoms with Gasteiger partial charge in [-0.25, -0.2) is 0 Å². The molecule has 1 rings (SSSR count). The third-order valence-electron chi connectivity index (χ3n) is 3.77. The Labute approximate surface area is 83.4 Å². The minimum Gasteiger partial charge on any atom is -0.103 e. The smallest absolute Gasteiger partial charge is 0.0300 e. The van der Waals surface area contributed by atoms with E-state index in [9.17, 15) is 0 Å². The fourth-order valence-corrected chi connectivity index (χ4v) is 1.95. The zero-order chi connectivity index (χ0) is 9.73. The van der Waals surface area contributed by atoms with Crippen molar-refractivity contribution >= 4 is 0 Å². The molecule has 0 spiro atoms. The summed E-state index contributed by atoms with van der Waals surface area (Å²) < 4.78 is 0. The Kier molecular flexibility index (Phi) is 4.02. The summed E-state index contributed by atoms with van der Waals surface area (Å²) in [5.74, 6) is 0.955. The summed E-state index contributed by atoms with van der Waals surface area (Å²) in [6.45, 7) is 8.62. The first kappa shape index (κ1) is 10.8. The number of hydrogen-bond donors (Lipinski definition) is 0. The second-order valence-electron chi connectivity index (χ2n) is 4.98. The van der Waals surface area contributed by atoms with E-state index >= 15 is 0 Å². The fraction of sp³-hybridized carbons (Fsp3) is 0.846. The molecule has 0 heterocycles. The zero-order valence-corrected chi connectivity index (χ0v) is 9.31. The topological polar surface area (TPSA) is 0 Å². The first-order valence-corrected chi connectivity index (χ1v) is 5.80. The van der Waals surface area contributed by atoms with Gasteiger partial charge in [-0.3, -0.25) is 0 Å². The highest BCUT2D eigenvalue weighted by atomic mass is 14.5. The van der Waals surface area contributed by atoms with Crippen LogP contribution in [0.15, 0.2) is 12.7 Å². The van der Waals surface area contributed by atoms with Crippen molar-refractivity contribution in [1.82, 2.24) is 0 Å².